The van der Waals surface area contributed by atoms with Gasteiger partial charge in [0.15, 0.2) is 0 Å². The number of sulfonamides is 1. The van der Waals surface area contributed by atoms with Gasteiger partial charge in [0.25, 0.3) is 0 Å². The fourth-order valence-electron chi connectivity index (χ4n) is 1.68. The molecule has 4 nitrogen and oxygen atoms in total. The van der Waals surface area contributed by atoms with Crippen molar-refractivity contribution in [2.45, 2.75) is 11.5 Å². The van der Waals surface area contributed by atoms with Gasteiger partial charge >= 0.3 is 0 Å². The van der Waals surface area contributed by atoms with Gasteiger partial charge in [-0.2, -0.15) is 0 Å². The highest BCUT2D eigenvalue weighted by Gasteiger charge is 2.16. The first-order valence-electron chi connectivity index (χ1n) is 5.66. The number of hydrogen-bond donors (Lipinski definition) is 1. The van der Waals surface area contributed by atoms with Crippen LogP contribution >= 0.6 is 15.9 Å². The maximum atomic E-state index is 13.2. The largest absolute Gasteiger partial charge is 0.487 e. The van der Waals surface area contributed by atoms with Crippen molar-refractivity contribution in [2.75, 3.05) is 0 Å². The number of hydrogen-bond acceptors (Lipinski definition) is 3. The molecule has 0 fully saturated rings. The standard InChI is InChI=1S/C13H10BrF2NO3S/c14-9-3-8(4-11(16)5-9)7-20-12-2-1-10(15)6-13(12)21(17,18)19/h1-6H,7H2,(H2,17,18,19). The maximum Gasteiger partial charge on any atom is 0.241 e. The molecule has 0 heterocycles. The molecule has 0 saturated heterocycles. The monoisotopic (exact) mass is 377 g/mol. The quantitative estimate of drug-likeness (QED) is 0.890. The van der Waals surface area contributed by atoms with Crippen LogP contribution in [-0.4, -0.2) is 8.42 Å². The molecule has 0 aliphatic heterocycles. The summed E-state index contributed by atoms with van der Waals surface area (Å²) in [6.45, 7) is -0.0927. The molecule has 0 atom stereocenters. The first-order valence-corrected chi connectivity index (χ1v) is 8.00. The molecule has 0 aliphatic rings. The smallest absolute Gasteiger partial charge is 0.241 e. The number of primary sulfonamides is 1. The molecule has 0 unspecified atom stereocenters. The summed E-state index contributed by atoms with van der Waals surface area (Å²) in [5.41, 5.74) is 0.478. The fourth-order valence-corrected chi connectivity index (χ4v) is 2.88. The Balaban J connectivity index is 2.28. The Kier molecular flexibility index (Phi) is 4.60. The van der Waals surface area contributed by atoms with Crippen LogP contribution in [-0.2, 0) is 16.6 Å². The topological polar surface area (TPSA) is 69.4 Å². The Morgan fingerprint density at radius 3 is 2.43 bits per heavy atom. The van der Waals surface area contributed by atoms with E-state index in [-0.39, 0.29) is 12.4 Å². The van der Waals surface area contributed by atoms with E-state index in [1.54, 1.807) is 6.07 Å². The van der Waals surface area contributed by atoms with Crippen LogP contribution in [0.5, 0.6) is 5.75 Å². The van der Waals surface area contributed by atoms with Crippen LogP contribution < -0.4 is 9.88 Å². The normalized spacial score (nSPS) is 11.4. The molecular formula is C13H10BrF2NO3S. The molecule has 2 aromatic rings. The molecule has 8 heteroatoms. The van der Waals surface area contributed by atoms with Crippen molar-refractivity contribution < 1.29 is 21.9 Å². The van der Waals surface area contributed by atoms with Gasteiger partial charge in [-0.25, -0.2) is 22.3 Å². The second kappa shape index (κ2) is 6.08. The summed E-state index contributed by atoms with van der Waals surface area (Å²) in [5.74, 6) is -1.31. The molecule has 0 aliphatic carbocycles. The SMILES string of the molecule is NS(=O)(=O)c1cc(F)ccc1OCc1cc(F)cc(Br)c1. The zero-order chi connectivity index (χ0) is 15.6. The molecule has 0 saturated carbocycles. The lowest BCUT2D eigenvalue weighted by molar-refractivity contribution is 0.296. The molecule has 0 bridgehead atoms. The summed E-state index contributed by atoms with van der Waals surface area (Å²) in [4.78, 5) is -0.460. The molecule has 2 N–H and O–H groups in total. The van der Waals surface area contributed by atoms with Crippen molar-refractivity contribution in [1.29, 1.82) is 0 Å². The van der Waals surface area contributed by atoms with Gasteiger partial charge in [0, 0.05) is 4.47 Å². The average molecular weight is 378 g/mol. The van der Waals surface area contributed by atoms with E-state index >= 15 is 0 Å². The zero-order valence-electron chi connectivity index (χ0n) is 10.5. The summed E-state index contributed by atoms with van der Waals surface area (Å²) in [5, 5.41) is 5.00. The summed E-state index contributed by atoms with van der Waals surface area (Å²) in [6.07, 6.45) is 0. The molecule has 0 aromatic heterocycles. The fraction of sp³-hybridized carbons (Fsp3) is 0.0769. The van der Waals surface area contributed by atoms with Crippen LogP contribution in [0, 0.1) is 11.6 Å². The van der Waals surface area contributed by atoms with Gasteiger partial charge in [-0.1, -0.05) is 15.9 Å². The van der Waals surface area contributed by atoms with Crippen LogP contribution in [0.15, 0.2) is 45.8 Å². The van der Waals surface area contributed by atoms with E-state index in [9.17, 15) is 17.2 Å². The maximum absolute atomic E-state index is 13.2. The first-order chi connectivity index (χ1) is 9.75. The third-order valence-corrected chi connectivity index (χ3v) is 3.92. The van der Waals surface area contributed by atoms with Gasteiger partial charge in [0.1, 0.15) is 28.9 Å². The second-order valence-electron chi connectivity index (χ2n) is 4.20. The first kappa shape index (κ1) is 15.9. The minimum absolute atomic E-state index is 0.0927. The van der Waals surface area contributed by atoms with E-state index in [1.807, 2.05) is 0 Å². The third-order valence-electron chi connectivity index (χ3n) is 2.53. The number of ether oxygens (including phenoxy) is 1. The highest BCUT2D eigenvalue weighted by Crippen LogP contribution is 2.25. The number of rotatable bonds is 4. The van der Waals surface area contributed by atoms with Crippen molar-refractivity contribution in [3.05, 3.63) is 58.1 Å². The Bertz CT molecular complexity index is 761. The predicted octanol–water partition coefficient (Wildman–Crippen LogP) is 2.95. The molecule has 112 valence electrons. The van der Waals surface area contributed by atoms with Crippen LogP contribution in [0.25, 0.3) is 0 Å². The Hall–Kier alpha value is -1.51. The van der Waals surface area contributed by atoms with Gasteiger partial charge in [-0.05, 0) is 42.0 Å². The van der Waals surface area contributed by atoms with Crippen molar-refractivity contribution in [3.63, 3.8) is 0 Å². The van der Waals surface area contributed by atoms with Gasteiger partial charge in [-0.3, -0.25) is 0 Å². The third kappa shape index (κ3) is 4.23. The van der Waals surface area contributed by atoms with E-state index in [0.29, 0.717) is 10.0 Å². The molecular weight excluding hydrogens is 368 g/mol. The van der Waals surface area contributed by atoms with E-state index in [1.165, 1.54) is 12.1 Å². The van der Waals surface area contributed by atoms with Crippen molar-refractivity contribution >= 4 is 26.0 Å². The van der Waals surface area contributed by atoms with Crippen molar-refractivity contribution in [1.82, 2.24) is 0 Å². The lowest BCUT2D eigenvalue weighted by Gasteiger charge is -2.10. The highest BCUT2D eigenvalue weighted by atomic mass is 79.9. The molecule has 0 amide bonds. The van der Waals surface area contributed by atoms with E-state index in [2.05, 4.69) is 15.9 Å². The summed E-state index contributed by atoms with van der Waals surface area (Å²) < 4.78 is 54.9. The Morgan fingerprint density at radius 2 is 1.81 bits per heavy atom. The second-order valence-corrected chi connectivity index (χ2v) is 6.65. The van der Waals surface area contributed by atoms with Crippen molar-refractivity contribution in [3.8, 4) is 5.75 Å². The minimum Gasteiger partial charge on any atom is -0.487 e. The molecule has 21 heavy (non-hydrogen) atoms. The van der Waals surface area contributed by atoms with E-state index in [4.69, 9.17) is 9.88 Å². The zero-order valence-corrected chi connectivity index (χ0v) is 12.9. The van der Waals surface area contributed by atoms with Crippen LogP contribution in [0.2, 0.25) is 0 Å². The lowest BCUT2D eigenvalue weighted by Crippen LogP contribution is -2.14. The summed E-state index contributed by atoms with van der Waals surface area (Å²) >= 11 is 3.13. The Labute approximate surface area is 128 Å². The summed E-state index contributed by atoms with van der Waals surface area (Å²) in [7, 11) is -4.13. The predicted molar refractivity (Wildman–Crippen MR) is 76.2 cm³/mol. The number of nitrogens with two attached hydrogens (primary N) is 1. The molecule has 0 radical (unpaired) electrons. The van der Waals surface area contributed by atoms with Gasteiger partial charge < -0.3 is 4.74 Å². The minimum atomic E-state index is -4.13. The average Bonchev–Trinajstić information content (AvgIpc) is 2.35. The molecule has 2 aromatic carbocycles. The number of halogens is 3. The van der Waals surface area contributed by atoms with E-state index < -0.39 is 26.6 Å². The van der Waals surface area contributed by atoms with Gasteiger partial charge in [0.2, 0.25) is 10.0 Å². The van der Waals surface area contributed by atoms with Crippen molar-refractivity contribution in [2.24, 2.45) is 5.14 Å². The van der Waals surface area contributed by atoms with Gasteiger partial charge in [-0.15, -0.1) is 0 Å². The Morgan fingerprint density at radius 1 is 1.10 bits per heavy atom. The van der Waals surface area contributed by atoms with Crippen LogP contribution in [0.1, 0.15) is 5.56 Å². The van der Waals surface area contributed by atoms with E-state index in [0.717, 1.165) is 18.2 Å². The summed E-state index contributed by atoms with van der Waals surface area (Å²) in [6, 6.07) is 7.10. The molecule has 2 rings (SSSR count). The molecule has 0 spiro atoms. The number of benzene rings is 2. The lowest BCUT2D eigenvalue weighted by atomic mass is 10.2. The highest BCUT2D eigenvalue weighted by molar-refractivity contribution is 9.10. The van der Waals surface area contributed by atoms with Crippen LogP contribution in [0.4, 0.5) is 8.78 Å². The van der Waals surface area contributed by atoms with Gasteiger partial charge in [0.05, 0.1) is 0 Å². The van der Waals surface area contributed by atoms with Crippen LogP contribution in [0.3, 0.4) is 0 Å².